The van der Waals surface area contributed by atoms with Crippen molar-refractivity contribution in [1.29, 1.82) is 0 Å². The van der Waals surface area contributed by atoms with Crippen molar-refractivity contribution < 1.29 is 0 Å². The first kappa shape index (κ1) is 15.6. The summed E-state index contributed by atoms with van der Waals surface area (Å²) >= 11 is 6.04. The van der Waals surface area contributed by atoms with Crippen molar-refractivity contribution in [3.05, 3.63) is 35.5 Å². The highest BCUT2D eigenvalue weighted by molar-refractivity contribution is 6.31. The molecule has 118 valence electrons. The van der Waals surface area contributed by atoms with Gasteiger partial charge >= 0.3 is 0 Å². The molecule has 0 aliphatic carbocycles. The van der Waals surface area contributed by atoms with Crippen LogP contribution in [0.1, 0.15) is 32.6 Å². The topological polar surface area (TPSA) is 28.2 Å². The molecule has 1 fully saturated rings. The van der Waals surface area contributed by atoms with E-state index < -0.39 is 0 Å². The maximum atomic E-state index is 6.04. The van der Waals surface area contributed by atoms with Gasteiger partial charge in [0.2, 0.25) is 0 Å². The van der Waals surface area contributed by atoms with Crippen LogP contribution in [-0.4, -0.2) is 35.6 Å². The van der Waals surface area contributed by atoms with E-state index in [1.807, 2.05) is 30.5 Å². The van der Waals surface area contributed by atoms with Gasteiger partial charge in [0.05, 0.1) is 5.52 Å². The molecule has 0 spiro atoms. The lowest BCUT2D eigenvalue weighted by molar-refractivity contribution is 0.327. The molecule has 1 aliphatic heterocycles. The monoisotopic (exact) mass is 317 g/mol. The Balaban J connectivity index is 1.57. The molecule has 2 heterocycles. The van der Waals surface area contributed by atoms with E-state index in [0.717, 1.165) is 21.6 Å². The van der Waals surface area contributed by atoms with Crippen molar-refractivity contribution in [2.75, 3.05) is 25.0 Å². The lowest BCUT2D eigenvalue weighted by Crippen LogP contribution is -2.23. The van der Waals surface area contributed by atoms with Crippen molar-refractivity contribution in [3.63, 3.8) is 0 Å². The zero-order valence-corrected chi connectivity index (χ0v) is 13.9. The maximum Gasteiger partial charge on any atom is 0.0737 e. The predicted octanol–water partition coefficient (Wildman–Crippen LogP) is 4.56. The normalized spacial score (nSPS) is 17.0. The molecule has 0 radical (unpaired) electrons. The Morgan fingerprint density at radius 3 is 2.91 bits per heavy atom. The van der Waals surface area contributed by atoms with Crippen molar-refractivity contribution in [1.82, 2.24) is 9.88 Å². The van der Waals surface area contributed by atoms with Crippen LogP contribution in [0.5, 0.6) is 0 Å². The molecule has 1 saturated heterocycles. The van der Waals surface area contributed by atoms with E-state index >= 15 is 0 Å². The predicted molar refractivity (Wildman–Crippen MR) is 94.7 cm³/mol. The summed E-state index contributed by atoms with van der Waals surface area (Å²) in [5.41, 5.74) is 2.09. The lowest BCUT2D eigenvalue weighted by atomic mass is 10.1. The van der Waals surface area contributed by atoms with Crippen LogP contribution in [-0.2, 0) is 0 Å². The largest absolute Gasteiger partial charge is 0.382 e. The molecule has 1 unspecified atom stereocenters. The molecular formula is C18H24ClN3. The van der Waals surface area contributed by atoms with Gasteiger partial charge in [0.25, 0.3) is 0 Å². The fourth-order valence-electron chi connectivity index (χ4n) is 3.21. The molecule has 3 nitrogen and oxygen atoms in total. The molecule has 2 aromatic rings. The van der Waals surface area contributed by atoms with Crippen LogP contribution in [0.2, 0.25) is 5.02 Å². The van der Waals surface area contributed by atoms with Gasteiger partial charge in [0, 0.05) is 28.3 Å². The van der Waals surface area contributed by atoms with Crippen LogP contribution in [0.15, 0.2) is 30.5 Å². The van der Waals surface area contributed by atoms with Crippen molar-refractivity contribution in [2.45, 2.75) is 38.6 Å². The van der Waals surface area contributed by atoms with Crippen LogP contribution < -0.4 is 5.32 Å². The number of benzene rings is 1. The van der Waals surface area contributed by atoms with Gasteiger partial charge in [-0.15, -0.1) is 0 Å². The van der Waals surface area contributed by atoms with E-state index in [2.05, 4.69) is 22.1 Å². The summed E-state index contributed by atoms with van der Waals surface area (Å²) in [6, 6.07) is 8.40. The third kappa shape index (κ3) is 3.90. The highest BCUT2D eigenvalue weighted by atomic mass is 35.5. The minimum atomic E-state index is 0.462. The smallest absolute Gasteiger partial charge is 0.0737 e. The number of halogens is 1. The van der Waals surface area contributed by atoms with E-state index in [0.29, 0.717) is 6.04 Å². The molecular weight excluding hydrogens is 294 g/mol. The van der Waals surface area contributed by atoms with Crippen LogP contribution >= 0.6 is 11.6 Å². The van der Waals surface area contributed by atoms with Crippen LogP contribution in [0.3, 0.4) is 0 Å². The van der Waals surface area contributed by atoms with Gasteiger partial charge in [-0.2, -0.15) is 0 Å². The van der Waals surface area contributed by atoms with Crippen LogP contribution in [0.25, 0.3) is 10.9 Å². The number of hydrogen-bond acceptors (Lipinski definition) is 3. The first-order chi connectivity index (χ1) is 10.7. The molecule has 1 atom stereocenters. The number of hydrogen-bond donors (Lipinski definition) is 1. The Hall–Kier alpha value is -1.32. The summed E-state index contributed by atoms with van der Waals surface area (Å²) in [5.74, 6) is 0. The second kappa shape index (κ2) is 7.30. The van der Waals surface area contributed by atoms with Gasteiger partial charge in [0.1, 0.15) is 0 Å². The molecule has 0 amide bonds. The second-order valence-corrected chi connectivity index (χ2v) is 6.69. The highest BCUT2D eigenvalue weighted by Gasteiger charge is 2.12. The van der Waals surface area contributed by atoms with Crippen LogP contribution in [0, 0.1) is 0 Å². The number of pyridine rings is 1. The number of nitrogens with one attached hydrogen (secondary N) is 1. The minimum absolute atomic E-state index is 0.462. The van der Waals surface area contributed by atoms with Gasteiger partial charge in [-0.25, -0.2) is 0 Å². The third-order valence-corrected chi connectivity index (χ3v) is 4.65. The fraction of sp³-hybridized carbons (Fsp3) is 0.500. The molecule has 3 rings (SSSR count). The fourth-order valence-corrected chi connectivity index (χ4v) is 3.38. The zero-order valence-electron chi connectivity index (χ0n) is 13.2. The summed E-state index contributed by atoms with van der Waals surface area (Å²) in [7, 11) is 0. The first-order valence-electron chi connectivity index (χ1n) is 8.25. The SMILES string of the molecule is CC(CCCN1CCCC1)Nc1ccnc2cc(Cl)ccc12. The number of anilines is 1. The number of nitrogens with zero attached hydrogens (tertiary/aromatic N) is 2. The molecule has 1 aliphatic rings. The molecule has 1 aromatic heterocycles. The summed E-state index contributed by atoms with van der Waals surface area (Å²) in [5, 5.41) is 5.50. The molecule has 22 heavy (non-hydrogen) atoms. The lowest BCUT2D eigenvalue weighted by Gasteiger charge is -2.19. The Bertz CT molecular complexity index is 623. The third-order valence-electron chi connectivity index (χ3n) is 4.42. The second-order valence-electron chi connectivity index (χ2n) is 6.26. The average molecular weight is 318 g/mol. The molecule has 1 N–H and O–H groups in total. The van der Waals surface area contributed by atoms with Gasteiger partial charge in [0.15, 0.2) is 0 Å². The van der Waals surface area contributed by atoms with Gasteiger partial charge in [-0.1, -0.05) is 11.6 Å². The Kier molecular flexibility index (Phi) is 5.16. The first-order valence-corrected chi connectivity index (χ1v) is 8.63. The van der Waals surface area contributed by atoms with Gasteiger partial charge in [-0.3, -0.25) is 4.98 Å². The molecule has 1 aromatic carbocycles. The quantitative estimate of drug-likeness (QED) is 0.846. The van der Waals surface area contributed by atoms with Crippen molar-refractivity contribution in [2.24, 2.45) is 0 Å². The highest BCUT2D eigenvalue weighted by Crippen LogP contribution is 2.25. The Morgan fingerprint density at radius 2 is 2.09 bits per heavy atom. The zero-order chi connectivity index (χ0) is 15.4. The van der Waals surface area contributed by atoms with Crippen molar-refractivity contribution in [3.8, 4) is 0 Å². The van der Waals surface area contributed by atoms with E-state index in [-0.39, 0.29) is 0 Å². The molecule has 0 bridgehead atoms. The number of aromatic nitrogens is 1. The van der Waals surface area contributed by atoms with Crippen LogP contribution in [0.4, 0.5) is 5.69 Å². The molecule has 4 heteroatoms. The average Bonchev–Trinajstić information content (AvgIpc) is 3.00. The summed E-state index contributed by atoms with van der Waals surface area (Å²) in [6.45, 7) is 6.07. The Morgan fingerprint density at radius 1 is 1.27 bits per heavy atom. The minimum Gasteiger partial charge on any atom is -0.382 e. The number of likely N-dealkylation sites (tertiary alicyclic amines) is 1. The Labute approximate surface area is 137 Å². The van der Waals surface area contributed by atoms with E-state index in [9.17, 15) is 0 Å². The standard InChI is InChI=1S/C18H24ClN3/c1-14(5-4-12-22-10-2-3-11-22)21-17-8-9-20-18-13-15(19)6-7-16(17)18/h6-9,13-14H,2-5,10-12H2,1H3,(H,20,21). The van der Waals surface area contributed by atoms with Gasteiger partial charge < -0.3 is 10.2 Å². The van der Waals surface area contributed by atoms with Gasteiger partial charge in [-0.05, 0) is 76.5 Å². The summed E-state index contributed by atoms with van der Waals surface area (Å²) < 4.78 is 0. The van der Waals surface area contributed by atoms with E-state index in [4.69, 9.17) is 11.6 Å². The summed E-state index contributed by atoms with van der Waals surface area (Å²) in [6.07, 6.45) is 7.04. The van der Waals surface area contributed by atoms with E-state index in [1.165, 1.54) is 45.3 Å². The number of rotatable bonds is 6. The molecule has 0 saturated carbocycles. The maximum absolute atomic E-state index is 6.04. The summed E-state index contributed by atoms with van der Waals surface area (Å²) in [4.78, 5) is 6.97. The number of fused-ring (bicyclic) bond motifs is 1. The van der Waals surface area contributed by atoms with Crippen molar-refractivity contribution >= 4 is 28.2 Å². The van der Waals surface area contributed by atoms with E-state index in [1.54, 1.807) is 0 Å².